The average molecular weight is 273 g/mol. The molecule has 1 aromatic heterocycles. The molecule has 5 heteroatoms. The molecule has 0 bridgehead atoms. The Labute approximate surface area is 118 Å². The molecule has 0 fully saturated rings. The van der Waals surface area contributed by atoms with Crippen LogP contribution in [0, 0.1) is 0 Å². The predicted molar refractivity (Wildman–Crippen MR) is 76.9 cm³/mol. The van der Waals surface area contributed by atoms with Gasteiger partial charge in [0, 0.05) is 24.9 Å². The number of nitrogens with zero attached hydrogens (tertiary/aromatic N) is 2. The molecule has 0 aliphatic carbocycles. The number of nitrogens with one attached hydrogen (secondary N) is 1. The Morgan fingerprint density at radius 2 is 2.30 bits per heavy atom. The second-order valence-corrected chi connectivity index (χ2v) is 4.72. The van der Waals surface area contributed by atoms with Gasteiger partial charge in [-0.2, -0.15) is 5.10 Å². The summed E-state index contributed by atoms with van der Waals surface area (Å²) < 4.78 is 1.82. The van der Waals surface area contributed by atoms with E-state index in [1.54, 1.807) is 6.20 Å². The first-order valence-electron chi connectivity index (χ1n) is 6.72. The van der Waals surface area contributed by atoms with Gasteiger partial charge in [0.2, 0.25) is 0 Å². The summed E-state index contributed by atoms with van der Waals surface area (Å²) in [7, 11) is 0. The van der Waals surface area contributed by atoms with Crippen LogP contribution in [0.15, 0.2) is 42.7 Å². The van der Waals surface area contributed by atoms with Crippen LogP contribution < -0.4 is 5.32 Å². The fourth-order valence-corrected chi connectivity index (χ4v) is 2.03. The molecule has 1 atom stereocenters. The van der Waals surface area contributed by atoms with Crippen molar-refractivity contribution in [2.75, 3.05) is 6.54 Å². The van der Waals surface area contributed by atoms with E-state index in [9.17, 15) is 4.79 Å². The second kappa shape index (κ2) is 6.86. The molecule has 0 spiro atoms. The van der Waals surface area contributed by atoms with Crippen molar-refractivity contribution in [2.45, 2.75) is 25.8 Å². The molecule has 2 N–H and O–H groups in total. The van der Waals surface area contributed by atoms with Gasteiger partial charge < -0.3 is 10.4 Å². The number of aromatic nitrogens is 2. The second-order valence-electron chi connectivity index (χ2n) is 4.72. The molecular weight excluding hydrogens is 254 g/mol. The van der Waals surface area contributed by atoms with Crippen LogP contribution in [-0.4, -0.2) is 27.4 Å². The minimum atomic E-state index is -0.750. The lowest BCUT2D eigenvalue weighted by atomic mass is 10.1. The van der Waals surface area contributed by atoms with Crippen molar-refractivity contribution in [3.05, 3.63) is 48.3 Å². The van der Waals surface area contributed by atoms with Crippen molar-refractivity contribution in [1.29, 1.82) is 0 Å². The zero-order valence-electron chi connectivity index (χ0n) is 11.5. The molecule has 0 aliphatic rings. The minimum absolute atomic E-state index is 0.180. The summed E-state index contributed by atoms with van der Waals surface area (Å²) in [5.41, 5.74) is 2.18. The van der Waals surface area contributed by atoms with Crippen molar-refractivity contribution < 1.29 is 9.90 Å². The number of carboxylic acids is 1. The Balaban J connectivity index is 1.94. The first-order valence-corrected chi connectivity index (χ1v) is 6.72. The molecular formula is C15H19N3O2. The lowest BCUT2D eigenvalue weighted by Gasteiger charge is -2.15. The summed E-state index contributed by atoms with van der Waals surface area (Å²) in [6.07, 6.45) is 4.50. The van der Waals surface area contributed by atoms with Crippen LogP contribution in [-0.2, 0) is 4.79 Å². The summed E-state index contributed by atoms with van der Waals surface area (Å²) in [4.78, 5) is 10.5. The van der Waals surface area contributed by atoms with Crippen molar-refractivity contribution in [1.82, 2.24) is 15.1 Å². The molecule has 5 nitrogen and oxygen atoms in total. The largest absolute Gasteiger partial charge is 0.481 e. The highest BCUT2D eigenvalue weighted by Gasteiger charge is 2.06. The maximum atomic E-state index is 10.5. The van der Waals surface area contributed by atoms with Crippen LogP contribution in [0.25, 0.3) is 5.69 Å². The third-order valence-electron chi connectivity index (χ3n) is 3.16. The van der Waals surface area contributed by atoms with Crippen molar-refractivity contribution in [3.8, 4) is 5.69 Å². The van der Waals surface area contributed by atoms with Gasteiger partial charge in [0.1, 0.15) is 0 Å². The van der Waals surface area contributed by atoms with Crippen LogP contribution >= 0.6 is 0 Å². The highest BCUT2D eigenvalue weighted by Crippen LogP contribution is 2.16. The Kier molecular flexibility index (Phi) is 4.90. The van der Waals surface area contributed by atoms with Crippen LogP contribution in [0.1, 0.15) is 31.4 Å². The number of benzene rings is 1. The van der Waals surface area contributed by atoms with Crippen LogP contribution in [0.5, 0.6) is 0 Å². The molecule has 0 saturated carbocycles. The number of hydrogen-bond acceptors (Lipinski definition) is 3. The molecule has 0 amide bonds. The smallest absolute Gasteiger partial charge is 0.303 e. The summed E-state index contributed by atoms with van der Waals surface area (Å²) >= 11 is 0. The fourth-order valence-electron chi connectivity index (χ4n) is 2.03. The maximum Gasteiger partial charge on any atom is 0.303 e. The van der Waals surface area contributed by atoms with Gasteiger partial charge in [-0.15, -0.1) is 0 Å². The first kappa shape index (κ1) is 14.3. The molecule has 0 aliphatic heterocycles. The summed E-state index contributed by atoms with van der Waals surface area (Å²) in [5.74, 6) is -0.750. The Morgan fingerprint density at radius 3 is 3.00 bits per heavy atom. The highest BCUT2D eigenvalue weighted by atomic mass is 16.4. The average Bonchev–Trinajstić information content (AvgIpc) is 2.97. The Morgan fingerprint density at radius 1 is 1.45 bits per heavy atom. The molecule has 20 heavy (non-hydrogen) atoms. The van der Waals surface area contributed by atoms with E-state index in [1.165, 1.54) is 0 Å². The standard InChI is InChI=1S/C15H19N3O2/c1-12(16-8-3-7-15(19)20)13-5-2-6-14(11-13)18-10-4-9-17-18/h2,4-6,9-12,16H,3,7-8H2,1H3,(H,19,20). The Bertz CT molecular complexity index is 552. The first-order chi connectivity index (χ1) is 9.66. The summed E-state index contributed by atoms with van der Waals surface area (Å²) in [6, 6.07) is 10.2. The van der Waals surface area contributed by atoms with E-state index in [-0.39, 0.29) is 12.5 Å². The SMILES string of the molecule is CC(NCCCC(=O)O)c1cccc(-n2cccn2)c1. The van der Waals surface area contributed by atoms with Gasteiger partial charge in [0.25, 0.3) is 0 Å². The molecule has 0 radical (unpaired) electrons. The fraction of sp³-hybridized carbons (Fsp3) is 0.333. The van der Waals surface area contributed by atoms with Crippen LogP contribution in [0.2, 0.25) is 0 Å². The lowest BCUT2D eigenvalue weighted by Crippen LogP contribution is -2.20. The zero-order valence-corrected chi connectivity index (χ0v) is 11.5. The van der Waals surface area contributed by atoms with Gasteiger partial charge in [-0.05, 0) is 43.7 Å². The van der Waals surface area contributed by atoms with Gasteiger partial charge >= 0.3 is 5.97 Å². The number of rotatable bonds is 7. The van der Waals surface area contributed by atoms with E-state index in [2.05, 4.69) is 29.5 Å². The quantitative estimate of drug-likeness (QED) is 0.760. The normalized spacial score (nSPS) is 12.2. The van der Waals surface area contributed by atoms with E-state index in [0.29, 0.717) is 13.0 Å². The minimum Gasteiger partial charge on any atom is -0.481 e. The monoisotopic (exact) mass is 273 g/mol. The molecule has 1 aromatic carbocycles. The third kappa shape index (κ3) is 3.93. The molecule has 1 unspecified atom stereocenters. The molecule has 1 heterocycles. The number of carboxylic acid groups (broad SMARTS) is 1. The van der Waals surface area contributed by atoms with Crippen molar-refractivity contribution >= 4 is 5.97 Å². The topological polar surface area (TPSA) is 67.2 Å². The molecule has 106 valence electrons. The zero-order chi connectivity index (χ0) is 14.4. The van der Waals surface area contributed by atoms with Crippen molar-refractivity contribution in [3.63, 3.8) is 0 Å². The van der Waals surface area contributed by atoms with E-state index >= 15 is 0 Å². The van der Waals surface area contributed by atoms with Crippen molar-refractivity contribution in [2.24, 2.45) is 0 Å². The summed E-state index contributed by atoms with van der Waals surface area (Å²) in [5, 5.41) is 16.1. The molecule has 2 aromatic rings. The number of hydrogen-bond donors (Lipinski definition) is 2. The lowest BCUT2D eigenvalue weighted by molar-refractivity contribution is -0.137. The van der Waals surface area contributed by atoms with E-state index in [1.807, 2.05) is 29.1 Å². The highest BCUT2D eigenvalue weighted by molar-refractivity contribution is 5.66. The predicted octanol–water partition coefficient (Wildman–Crippen LogP) is 2.39. The van der Waals surface area contributed by atoms with E-state index < -0.39 is 5.97 Å². The van der Waals surface area contributed by atoms with E-state index in [0.717, 1.165) is 11.3 Å². The van der Waals surface area contributed by atoms with Crippen LogP contribution in [0.4, 0.5) is 0 Å². The van der Waals surface area contributed by atoms with Gasteiger partial charge in [0.15, 0.2) is 0 Å². The van der Waals surface area contributed by atoms with Gasteiger partial charge in [-0.3, -0.25) is 4.79 Å². The van der Waals surface area contributed by atoms with Gasteiger partial charge in [0.05, 0.1) is 5.69 Å². The van der Waals surface area contributed by atoms with Crippen LogP contribution in [0.3, 0.4) is 0 Å². The number of carbonyl (C=O) groups is 1. The Hall–Kier alpha value is -2.14. The molecule has 2 rings (SSSR count). The van der Waals surface area contributed by atoms with Gasteiger partial charge in [-0.1, -0.05) is 12.1 Å². The summed E-state index contributed by atoms with van der Waals surface area (Å²) in [6.45, 7) is 2.77. The molecule has 0 saturated heterocycles. The van der Waals surface area contributed by atoms with Gasteiger partial charge in [-0.25, -0.2) is 4.68 Å². The number of aliphatic carboxylic acids is 1. The van der Waals surface area contributed by atoms with E-state index in [4.69, 9.17) is 5.11 Å². The third-order valence-corrected chi connectivity index (χ3v) is 3.16. The maximum absolute atomic E-state index is 10.5.